The van der Waals surface area contributed by atoms with Gasteiger partial charge in [0, 0.05) is 24.6 Å². The van der Waals surface area contributed by atoms with Crippen LogP contribution in [0.3, 0.4) is 0 Å². The van der Waals surface area contributed by atoms with E-state index in [1.54, 1.807) is 11.8 Å². The van der Waals surface area contributed by atoms with E-state index < -0.39 is 16.0 Å². The first-order chi connectivity index (χ1) is 9.46. The van der Waals surface area contributed by atoms with E-state index in [4.69, 9.17) is 4.74 Å². The van der Waals surface area contributed by atoms with E-state index in [0.29, 0.717) is 13.1 Å². The second-order valence-corrected chi connectivity index (χ2v) is 7.30. The highest BCUT2D eigenvalue weighted by Crippen LogP contribution is 2.29. The molecule has 1 heterocycles. The van der Waals surface area contributed by atoms with Crippen LogP contribution in [-0.4, -0.2) is 50.4 Å². The van der Waals surface area contributed by atoms with Crippen LogP contribution >= 0.6 is 11.8 Å². The van der Waals surface area contributed by atoms with E-state index in [9.17, 15) is 18.3 Å². The molecule has 1 aromatic carbocycles. The number of ether oxygens (including phenoxy) is 1. The third kappa shape index (κ3) is 2.92. The van der Waals surface area contributed by atoms with Gasteiger partial charge >= 0.3 is 0 Å². The van der Waals surface area contributed by atoms with Crippen LogP contribution in [-0.2, 0) is 10.0 Å². The van der Waals surface area contributed by atoms with Crippen molar-refractivity contribution in [3.8, 4) is 5.75 Å². The van der Waals surface area contributed by atoms with Crippen LogP contribution < -0.4 is 9.84 Å². The van der Waals surface area contributed by atoms with E-state index >= 15 is 0 Å². The molecule has 0 aromatic heterocycles. The summed E-state index contributed by atoms with van der Waals surface area (Å²) in [6, 6.07) is 3.68. The largest absolute Gasteiger partial charge is 0.545 e. The van der Waals surface area contributed by atoms with Gasteiger partial charge in [-0.2, -0.15) is 16.1 Å². The highest BCUT2D eigenvalue weighted by atomic mass is 32.2. The molecule has 0 atom stereocenters. The maximum atomic E-state index is 12.6. The Morgan fingerprint density at radius 3 is 2.55 bits per heavy atom. The lowest BCUT2D eigenvalue weighted by Gasteiger charge is -2.26. The molecular formula is C12H14NO5S2-. The molecule has 1 aromatic rings. The van der Waals surface area contributed by atoms with Crippen molar-refractivity contribution in [2.75, 3.05) is 31.7 Å². The molecule has 0 radical (unpaired) electrons. The summed E-state index contributed by atoms with van der Waals surface area (Å²) in [5.41, 5.74) is -0.184. The van der Waals surface area contributed by atoms with E-state index in [-0.39, 0.29) is 16.2 Å². The summed E-state index contributed by atoms with van der Waals surface area (Å²) in [5, 5.41) is 10.9. The number of benzene rings is 1. The number of aromatic carboxylic acids is 1. The van der Waals surface area contributed by atoms with E-state index in [1.165, 1.54) is 23.5 Å². The Balaban J connectivity index is 2.48. The van der Waals surface area contributed by atoms with Crippen molar-refractivity contribution in [2.45, 2.75) is 4.90 Å². The summed E-state index contributed by atoms with van der Waals surface area (Å²) in [6.45, 7) is 0.817. The lowest BCUT2D eigenvalue weighted by atomic mass is 10.2. The minimum Gasteiger partial charge on any atom is -0.545 e. The summed E-state index contributed by atoms with van der Waals surface area (Å²) in [4.78, 5) is 10.8. The molecule has 0 aliphatic carbocycles. The fourth-order valence-corrected chi connectivity index (χ4v) is 4.69. The fourth-order valence-electron chi connectivity index (χ4n) is 1.93. The quantitative estimate of drug-likeness (QED) is 0.764. The maximum absolute atomic E-state index is 12.6. The number of methoxy groups -OCH3 is 1. The number of carbonyl (C=O) groups excluding carboxylic acids is 1. The predicted molar refractivity (Wildman–Crippen MR) is 73.4 cm³/mol. The Hall–Kier alpha value is -1.25. The molecule has 1 saturated heterocycles. The number of carboxylic acid groups (broad SMARTS) is 1. The van der Waals surface area contributed by atoms with Crippen molar-refractivity contribution in [3.05, 3.63) is 23.8 Å². The number of thioether (sulfide) groups is 1. The van der Waals surface area contributed by atoms with Gasteiger partial charge in [0.2, 0.25) is 10.0 Å². The summed E-state index contributed by atoms with van der Waals surface area (Å²) in [6.07, 6.45) is 0. The van der Waals surface area contributed by atoms with Crippen molar-refractivity contribution >= 4 is 27.8 Å². The Bertz CT molecular complexity index is 608. The highest BCUT2D eigenvalue weighted by Gasteiger charge is 2.29. The van der Waals surface area contributed by atoms with E-state index in [0.717, 1.165) is 17.6 Å². The molecule has 0 N–H and O–H groups in total. The van der Waals surface area contributed by atoms with Gasteiger partial charge in [-0.1, -0.05) is 0 Å². The zero-order valence-corrected chi connectivity index (χ0v) is 12.5. The van der Waals surface area contributed by atoms with Gasteiger partial charge in [0.05, 0.1) is 13.1 Å². The summed E-state index contributed by atoms with van der Waals surface area (Å²) in [7, 11) is -2.41. The van der Waals surface area contributed by atoms with Gasteiger partial charge in [-0.3, -0.25) is 0 Å². The molecule has 0 amide bonds. The van der Waals surface area contributed by atoms with Crippen LogP contribution in [0.5, 0.6) is 5.75 Å². The van der Waals surface area contributed by atoms with Gasteiger partial charge in [-0.25, -0.2) is 8.42 Å². The first kappa shape index (κ1) is 15.1. The molecule has 110 valence electrons. The number of nitrogens with zero attached hydrogens (tertiary/aromatic N) is 1. The predicted octanol–water partition coefficient (Wildman–Crippen LogP) is -0.204. The first-order valence-corrected chi connectivity index (χ1v) is 8.53. The number of sulfonamides is 1. The topological polar surface area (TPSA) is 86.7 Å². The Kier molecular flexibility index (Phi) is 4.56. The van der Waals surface area contributed by atoms with Crippen LogP contribution in [0.1, 0.15) is 10.4 Å². The van der Waals surface area contributed by atoms with Crippen LogP contribution in [0.25, 0.3) is 0 Å². The van der Waals surface area contributed by atoms with Crippen LogP contribution in [0.15, 0.2) is 23.1 Å². The molecule has 0 bridgehead atoms. The third-order valence-corrected chi connectivity index (χ3v) is 5.85. The number of hydrogen-bond donors (Lipinski definition) is 0. The smallest absolute Gasteiger partial charge is 0.246 e. The molecule has 1 fully saturated rings. The van der Waals surface area contributed by atoms with Gasteiger partial charge in [-0.15, -0.1) is 0 Å². The van der Waals surface area contributed by atoms with Crippen molar-refractivity contribution in [1.82, 2.24) is 4.31 Å². The highest BCUT2D eigenvalue weighted by molar-refractivity contribution is 7.99. The summed E-state index contributed by atoms with van der Waals surface area (Å²) < 4.78 is 31.5. The standard InChI is InChI=1S/C12H15NO5S2/c1-18-10-3-2-9(12(14)15)8-11(10)20(16,17)13-4-6-19-7-5-13/h2-3,8H,4-7H2,1H3,(H,14,15)/p-1. The van der Waals surface area contributed by atoms with Gasteiger partial charge in [0.1, 0.15) is 10.6 Å². The molecule has 1 aliphatic heterocycles. The average molecular weight is 316 g/mol. The number of hydrogen-bond acceptors (Lipinski definition) is 6. The van der Waals surface area contributed by atoms with Crippen LogP contribution in [0.2, 0.25) is 0 Å². The molecule has 0 unspecified atom stereocenters. The van der Waals surface area contributed by atoms with E-state index in [2.05, 4.69) is 0 Å². The zero-order valence-electron chi connectivity index (χ0n) is 10.9. The van der Waals surface area contributed by atoms with Gasteiger partial charge in [0.15, 0.2) is 0 Å². The van der Waals surface area contributed by atoms with Crippen molar-refractivity contribution < 1.29 is 23.1 Å². The van der Waals surface area contributed by atoms with Crippen molar-refractivity contribution in [1.29, 1.82) is 0 Å². The normalized spacial score (nSPS) is 16.9. The Morgan fingerprint density at radius 1 is 1.35 bits per heavy atom. The van der Waals surface area contributed by atoms with Crippen molar-refractivity contribution in [2.24, 2.45) is 0 Å². The minimum absolute atomic E-state index is 0.131. The number of carbonyl (C=O) groups is 1. The SMILES string of the molecule is COc1ccc(C(=O)[O-])cc1S(=O)(=O)N1CCSCC1. The lowest BCUT2D eigenvalue weighted by Crippen LogP contribution is -2.38. The van der Waals surface area contributed by atoms with Crippen molar-refractivity contribution in [3.63, 3.8) is 0 Å². The van der Waals surface area contributed by atoms with E-state index in [1.807, 2.05) is 0 Å². The number of carboxylic acids is 1. The maximum Gasteiger partial charge on any atom is 0.246 e. The molecule has 0 saturated carbocycles. The fraction of sp³-hybridized carbons (Fsp3) is 0.417. The molecule has 6 nitrogen and oxygen atoms in total. The first-order valence-electron chi connectivity index (χ1n) is 5.94. The Morgan fingerprint density at radius 2 is 2.00 bits per heavy atom. The average Bonchev–Trinajstić information content (AvgIpc) is 2.47. The molecule has 1 aliphatic rings. The molecule has 8 heteroatoms. The summed E-state index contributed by atoms with van der Waals surface area (Å²) >= 11 is 1.69. The minimum atomic E-state index is -3.76. The molecule has 0 spiro atoms. The molecular weight excluding hydrogens is 302 g/mol. The van der Waals surface area contributed by atoms with Gasteiger partial charge in [-0.05, 0) is 23.8 Å². The second-order valence-electron chi connectivity index (χ2n) is 4.17. The molecule has 20 heavy (non-hydrogen) atoms. The van der Waals surface area contributed by atoms with Gasteiger partial charge < -0.3 is 14.6 Å². The third-order valence-electron chi connectivity index (χ3n) is 2.99. The zero-order chi connectivity index (χ0) is 14.8. The van der Waals surface area contributed by atoms with Gasteiger partial charge in [0.25, 0.3) is 0 Å². The lowest BCUT2D eigenvalue weighted by molar-refractivity contribution is -0.255. The number of rotatable bonds is 4. The van der Waals surface area contributed by atoms with Crippen LogP contribution in [0.4, 0.5) is 0 Å². The summed E-state index contributed by atoms with van der Waals surface area (Å²) in [5.74, 6) is 0.162. The monoisotopic (exact) mass is 316 g/mol. The Labute approximate surface area is 121 Å². The van der Waals surface area contributed by atoms with Crippen LogP contribution in [0, 0.1) is 0 Å². The second kappa shape index (κ2) is 6.02. The molecule has 2 rings (SSSR count).